The predicted octanol–water partition coefficient (Wildman–Crippen LogP) is 10.5. The SMILES string of the molecule is CC1(C)COP(=O)(/C(=C2/C(=O)N(O)c3ccccc32)c2ccccc2)OC1.CC1(C)COP(=O)(/C(=C2/C(=O)N(O)c3ccccc32)c2ccccc2)OC1.ClCCl. The number of hydrogen-bond donors (Lipinski definition) is 2. The second kappa shape index (κ2) is 17.1. The molecule has 12 nitrogen and oxygen atoms in total. The first-order chi connectivity index (χ1) is 27.1. The first kappa shape index (κ1) is 42.7. The highest BCUT2D eigenvalue weighted by Gasteiger charge is 2.47. The van der Waals surface area contributed by atoms with Gasteiger partial charge < -0.3 is 18.1 Å². The molecule has 0 radical (unpaired) electrons. The lowest BCUT2D eigenvalue weighted by atomic mass is 9.97. The Labute approximate surface area is 341 Å². The molecule has 16 heteroatoms. The van der Waals surface area contributed by atoms with Crippen LogP contribution in [0.1, 0.15) is 49.9 Å². The lowest BCUT2D eigenvalue weighted by Crippen LogP contribution is -2.30. The molecule has 0 unspecified atom stereocenters. The van der Waals surface area contributed by atoms with E-state index in [0.717, 1.165) is 0 Å². The molecule has 0 atom stereocenters. The Bertz CT molecular complexity index is 2130. The highest BCUT2D eigenvalue weighted by Crippen LogP contribution is 2.68. The summed E-state index contributed by atoms with van der Waals surface area (Å²) in [6, 6.07) is 31.5. The van der Waals surface area contributed by atoms with Gasteiger partial charge in [-0.3, -0.25) is 29.1 Å². The third-order valence-electron chi connectivity index (χ3n) is 9.23. The Kier molecular flexibility index (Phi) is 12.8. The first-order valence-corrected chi connectivity index (χ1v) is 22.0. The van der Waals surface area contributed by atoms with Gasteiger partial charge in [0.25, 0.3) is 11.8 Å². The normalized spacial score (nSPS) is 21.6. The lowest BCUT2D eigenvalue weighted by Gasteiger charge is -2.35. The molecule has 2 N–H and O–H groups in total. The van der Waals surface area contributed by atoms with E-state index in [1.165, 1.54) is 0 Å². The summed E-state index contributed by atoms with van der Waals surface area (Å²) in [5.41, 5.74) is 2.53. The molecule has 4 heterocycles. The molecule has 57 heavy (non-hydrogen) atoms. The van der Waals surface area contributed by atoms with Crippen molar-refractivity contribution in [1.82, 2.24) is 0 Å². The molecule has 0 spiro atoms. The number of benzene rings is 4. The van der Waals surface area contributed by atoms with E-state index in [9.17, 15) is 29.1 Å². The smallest absolute Gasteiger partial charge is 0.305 e. The molecule has 8 rings (SSSR count). The van der Waals surface area contributed by atoms with Crippen molar-refractivity contribution in [2.75, 3.05) is 41.9 Å². The number of carbonyl (C=O) groups is 2. The highest BCUT2D eigenvalue weighted by molar-refractivity contribution is 7.66. The summed E-state index contributed by atoms with van der Waals surface area (Å²) in [7, 11) is -7.55. The van der Waals surface area contributed by atoms with Crippen LogP contribution in [0.2, 0.25) is 0 Å². The van der Waals surface area contributed by atoms with Gasteiger partial charge in [0.15, 0.2) is 0 Å². The maximum Gasteiger partial charge on any atom is 0.362 e. The minimum absolute atomic E-state index is 0.141. The average molecular weight is 856 g/mol. The summed E-state index contributed by atoms with van der Waals surface area (Å²) in [4.78, 5) is 25.8. The molecule has 2 fully saturated rings. The Morgan fingerprint density at radius 2 is 0.842 bits per heavy atom. The number of hydrogen-bond acceptors (Lipinski definition) is 10. The lowest BCUT2D eigenvalue weighted by molar-refractivity contribution is -0.118. The minimum atomic E-state index is -3.77. The maximum atomic E-state index is 13.7. The Balaban J connectivity index is 0.000000180. The number of para-hydroxylation sites is 2. The van der Waals surface area contributed by atoms with E-state index in [-0.39, 0.29) is 64.4 Å². The van der Waals surface area contributed by atoms with Gasteiger partial charge in [-0.25, -0.2) is 0 Å². The van der Waals surface area contributed by atoms with Crippen LogP contribution in [-0.4, -0.2) is 54.0 Å². The number of fused-ring (bicyclic) bond motifs is 2. The zero-order chi connectivity index (χ0) is 41.2. The minimum Gasteiger partial charge on any atom is -0.305 e. The van der Waals surface area contributed by atoms with Gasteiger partial charge in [0.2, 0.25) is 0 Å². The van der Waals surface area contributed by atoms with E-state index >= 15 is 0 Å². The van der Waals surface area contributed by atoms with Gasteiger partial charge in [0.05, 0.1) is 64.9 Å². The first-order valence-electron chi connectivity index (χ1n) is 17.8. The van der Waals surface area contributed by atoms with Gasteiger partial charge in [-0.1, -0.05) is 125 Å². The van der Waals surface area contributed by atoms with Crippen LogP contribution < -0.4 is 10.1 Å². The fourth-order valence-corrected chi connectivity index (χ4v) is 11.0. The number of amides is 2. The van der Waals surface area contributed by atoms with Crippen molar-refractivity contribution in [3.8, 4) is 0 Å². The summed E-state index contributed by atoms with van der Waals surface area (Å²) in [5, 5.41) is 22.2. The quantitative estimate of drug-likeness (QED) is 0.0878. The maximum absolute atomic E-state index is 13.7. The molecule has 4 aliphatic rings. The molecule has 4 aromatic carbocycles. The van der Waals surface area contributed by atoms with E-state index in [1.54, 1.807) is 97.1 Å². The molecular formula is C41H42Cl2N2O10P2. The number of alkyl halides is 2. The topological polar surface area (TPSA) is 152 Å². The second-order valence-electron chi connectivity index (χ2n) is 15.0. The third kappa shape index (κ3) is 8.77. The predicted molar refractivity (Wildman–Crippen MR) is 221 cm³/mol. The van der Waals surface area contributed by atoms with Crippen LogP contribution in [0.3, 0.4) is 0 Å². The zero-order valence-corrected chi connectivity index (χ0v) is 34.9. The summed E-state index contributed by atoms with van der Waals surface area (Å²) in [6.45, 7) is 8.79. The number of halogens is 2. The Hall–Kier alpha value is -3.90. The van der Waals surface area contributed by atoms with E-state index in [0.29, 0.717) is 43.8 Å². The number of nitrogens with zero attached hydrogens (tertiary/aromatic N) is 2. The Morgan fingerprint density at radius 1 is 0.561 bits per heavy atom. The number of hydroxylamine groups is 2. The fourth-order valence-electron chi connectivity index (χ4n) is 6.38. The summed E-state index contributed by atoms with van der Waals surface area (Å²) >= 11 is 9.53. The molecule has 4 aromatic rings. The van der Waals surface area contributed by atoms with Crippen molar-refractivity contribution >= 4 is 83.4 Å². The van der Waals surface area contributed by atoms with Crippen molar-refractivity contribution in [3.63, 3.8) is 0 Å². The molecule has 2 amide bonds. The third-order valence-corrected chi connectivity index (χ3v) is 13.2. The van der Waals surface area contributed by atoms with Gasteiger partial charge in [-0.15, -0.1) is 23.2 Å². The van der Waals surface area contributed by atoms with E-state index < -0.39 is 27.0 Å². The van der Waals surface area contributed by atoms with Gasteiger partial charge in [-0.05, 0) is 23.3 Å². The monoisotopic (exact) mass is 854 g/mol. The molecule has 2 saturated heterocycles. The second-order valence-corrected chi connectivity index (χ2v) is 19.7. The molecular weight excluding hydrogens is 813 g/mol. The van der Waals surface area contributed by atoms with Crippen molar-refractivity contribution < 1.29 is 47.2 Å². The van der Waals surface area contributed by atoms with Crippen molar-refractivity contribution in [2.45, 2.75) is 27.7 Å². The van der Waals surface area contributed by atoms with Gasteiger partial charge in [0.1, 0.15) is 0 Å². The van der Waals surface area contributed by atoms with Crippen LogP contribution in [0.15, 0.2) is 109 Å². The van der Waals surface area contributed by atoms with Gasteiger partial charge in [-0.2, -0.15) is 10.1 Å². The van der Waals surface area contributed by atoms with Crippen LogP contribution in [0.4, 0.5) is 11.4 Å². The molecule has 0 saturated carbocycles. The van der Waals surface area contributed by atoms with Crippen LogP contribution in [0.25, 0.3) is 21.8 Å². The highest BCUT2D eigenvalue weighted by atomic mass is 35.5. The summed E-state index contributed by atoms with van der Waals surface area (Å²) < 4.78 is 50.4. The van der Waals surface area contributed by atoms with E-state index in [4.69, 9.17) is 41.3 Å². The van der Waals surface area contributed by atoms with E-state index in [2.05, 4.69) is 0 Å². The van der Waals surface area contributed by atoms with Gasteiger partial charge in [0, 0.05) is 22.0 Å². The fraction of sp³-hybridized carbons (Fsp3) is 0.268. The summed E-state index contributed by atoms with van der Waals surface area (Å²) in [5.74, 6) is -1.30. The zero-order valence-electron chi connectivity index (χ0n) is 31.6. The standard InChI is InChI=1S/2C20H20NO5P.CH2Cl2/c2*1-20(2)12-25-27(24,26-13-20)18(14-8-4-3-5-9-14)17-15-10-6-7-11-16(15)21(23)19(17)22;2-1-3/h2*3-11,23H,12-13H2,1-2H3;1H2/b2*18-17+;. The number of carbonyl (C=O) groups excluding carboxylic acids is 2. The number of rotatable bonds is 4. The van der Waals surface area contributed by atoms with Crippen LogP contribution >= 0.6 is 38.4 Å². The largest absolute Gasteiger partial charge is 0.362 e. The van der Waals surface area contributed by atoms with Crippen LogP contribution in [0.5, 0.6) is 0 Å². The van der Waals surface area contributed by atoms with Crippen LogP contribution in [0, 0.1) is 10.8 Å². The molecule has 0 aromatic heterocycles. The van der Waals surface area contributed by atoms with Crippen LogP contribution in [-0.2, 0) is 36.8 Å². The van der Waals surface area contributed by atoms with Crippen molar-refractivity contribution in [3.05, 3.63) is 131 Å². The van der Waals surface area contributed by atoms with Gasteiger partial charge >= 0.3 is 15.2 Å². The van der Waals surface area contributed by atoms with E-state index in [1.807, 2.05) is 39.8 Å². The summed E-state index contributed by atoms with van der Waals surface area (Å²) in [6.07, 6.45) is 0. The molecule has 4 aliphatic heterocycles. The average Bonchev–Trinajstić information content (AvgIpc) is 3.60. The van der Waals surface area contributed by atoms with Crippen molar-refractivity contribution in [1.29, 1.82) is 0 Å². The molecule has 0 aliphatic carbocycles. The Morgan fingerprint density at radius 3 is 1.16 bits per heavy atom. The molecule has 0 bridgehead atoms. The molecule has 300 valence electrons. The van der Waals surface area contributed by atoms with Crippen molar-refractivity contribution in [2.24, 2.45) is 10.8 Å². The number of anilines is 2.